The lowest BCUT2D eigenvalue weighted by molar-refractivity contribution is -0.110. The van der Waals surface area contributed by atoms with E-state index in [0.29, 0.717) is 10.6 Å². The summed E-state index contributed by atoms with van der Waals surface area (Å²) in [5.74, 6) is -0.0783. The predicted molar refractivity (Wildman–Crippen MR) is 121 cm³/mol. The maximum Gasteiger partial charge on any atom is 0.172 e. The monoisotopic (exact) mass is 374 g/mol. The molecule has 0 rings (SSSR count). The first kappa shape index (κ1) is 32.0. The predicted octanol–water partition coefficient (Wildman–Crippen LogP) is 5.98. The van der Waals surface area contributed by atoms with Gasteiger partial charge in [-0.15, -0.1) is 0 Å². The standard InChI is InChI=1S/C15H28N2OS.3C2H6/c1-6-9-17(10-7-2)12-8-11-16(5)13(3)15(19)14(4)18;3*1-2/h3,6-12H2,1-2,4-5H3;3*1-2H3. The molecule has 0 unspecified atom stereocenters. The number of rotatable bonds is 11. The minimum absolute atomic E-state index is 0.0783. The molecule has 0 fully saturated rings. The molecule has 0 amide bonds. The first-order chi connectivity index (χ1) is 11.9. The Morgan fingerprint density at radius 2 is 1.28 bits per heavy atom. The molecule has 152 valence electrons. The van der Waals surface area contributed by atoms with Crippen LogP contribution in [0.5, 0.6) is 0 Å². The van der Waals surface area contributed by atoms with Crippen molar-refractivity contribution in [2.45, 2.75) is 81.6 Å². The van der Waals surface area contributed by atoms with Crippen LogP contribution in [0.15, 0.2) is 12.3 Å². The Balaban J connectivity index is -0.000000329. The number of allylic oxidation sites excluding steroid dienone is 1. The number of ketones is 1. The van der Waals surface area contributed by atoms with E-state index < -0.39 is 0 Å². The molecule has 0 atom stereocenters. The molecule has 0 saturated carbocycles. The van der Waals surface area contributed by atoms with Gasteiger partial charge in [-0.05, 0) is 38.9 Å². The van der Waals surface area contributed by atoms with E-state index in [1.165, 1.54) is 19.8 Å². The van der Waals surface area contributed by atoms with Crippen molar-refractivity contribution in [1.29, 1.82) is 0 Å². The Bertz CT molecular complexity index is 311. The number of hydrogen-bond donors (Lipinski definition) is 0. The maximum atomic E-state index is 11.2. The largest absolute Gasteiger partial charge is 0.374 e. The Labute approximate surface area is 164 Å². The van der Waals surface area contributed by atoms with Crippen LogP contribution >= 0.6 is 12.2 Å². The molecule has 4 heteroatoms. The van der Waals surface area contributed by atoms with Crippen LogP contribution in [0.1, 0.15) is 81.6 Å². The van der Waals surface area contributed by atoms with Crippen LogP contribution in [0.4, 0.5) is 0 Å². The van der Waals surface area contributed by atoms with Gasteiger partial charge in [-0.2, -0.15) is 0 Å². The Morgan fingerprint density at radius 3 is 1.60 bits per heavy atom. The average molecular weight is 375 g/mol. The van der Waals surface area contributed by atoms with E-state index >= 15 is 0 Å². The van der Waals surface area contributed by atoms with Crippen molar-refractivity contribution in [1.82, 2.24) is 9.80 Å². The normalized spacial score (nSPS) is 8.76. The van der Waals surface area contributed by atoms with Crippen LogP contribution < -0.4 is 0 Å². The molecule has 0 aliphatic heterocycles. The zero-order valence-corrected chi connectivity index (χ0v) is 19.7. The molecular weight excluding hydrogens is 328 g/mol. The Kier molecular flexibility index (Phi) is 32.6. The van der Waals surface area contributed by atoms with Crippen molar-refractivity contribution in [2.24, 2.45) is 0 Å². The fourth-order valence-electron chi connectivity index (χ4n) is 2.01. The van der Waals surface area contributed by atoms with Crippen molar-refractivity contribution in [2.75, 3.05) is 33.2 Å². The van der Waals surface area contributed by atoms with Gasteiger partial charge >= 0.3 is 0 Å². The number of hydrogen-bond acceptors (Lipinski definition) is 4. The lowest BCUT2D eigenvalue weighted by Crippen LogP contribution is -2.31. The molecular formula is C21H46N2OS. The molecule has 0 bridgehead atoms. The zero-order chi connectivity index (χ0) is 20.8. The van der Waals surface area contributed by atoms with Crippen LogP contribution in [0.2, 0.25) is 0 Å². The third kappa shape index (κ3) is 19.4. The lowest BCUT2D eigenvalue weighted by Gasteiger charge is -2.25. The highest BCUT2D eigenvalue weighted by Crippen LogP contribution is 2.05. The van der Waals surface area contributed by atoms with E-state index in [4.69, 9.17) is 12.2 Å². The van der Waals surface area contributed by atoms with Gasteiger partial charge in [-0.1, -0.05) is 74.2 Å². The highest BCUT2D eigenvalue weighted by molar-refractivity contribution is 7.82. The number of carbonyl (C=O) groups is 1. The highest BCUT2D eigenvalue weighted by Gasteiger charge is 2.12. The van der Waals surface area contributed by atoms with Gasteiger partial charge in [0.25, 0.3) is 0 Å². The molecule has 0 spiro atoms. The van der Waals surface area contributed by atoms with Crippen molar-refractivity contribution < 1.29 is 4.79 Å². The lowest BCUT2D eigenvalue weighted by atomic mass is 10.2. The first-order valence-corrected chi connectivity index (χ1v) is 10.5. The number of carbonyl (C=O) groups excluding carboxylic acids is 1. The first-order valence-electron chi connectivity index (χ1n) is 10.1. The number of Topliss-reactive ketones (excluding diaryl/α,β-unsaturated/α-hetero) is 1. The van der Waals surface area contributed by atoms with Gasteiger partial charge in [0.1, 0.15) is 4.86 Å². The van der Waals surface area contributed by atoms with Gasteiger partial charge in [-0.3, -0.25) is 4.79 Å². The van der Waals surface area contributed by atoms with E-state index in [1.54, 1.807) is 0 Å². The second-order valence-corrected chi connectivity index (χ2v) is 5.36. The summed E-state index contributed by atoms with van der Waals surface area (Å²) in [6.07, 6.45) is 3.45. The van der Waals surface area contributed by atoms with Crippen LogP contribution in [-0.4, -0.2) is 53.7 Å². The van der Waals surface area contributed by atoms with Crippen LogP contribution in [0, 0.1) is 0 Å². The number of thiocarbonyl (C=S) groups is 1. The SMILES string of the molecule is C=C(C(=S)C(C)=O)N(C)CCCN(CCC)CCC.CC.CC.CC. The quantitative estimate of drug-likeness (QED) is 0.328. The molecule has 25 heavy (non-hydrogen) atoms. The van der Waals surface area contributed by atoms with Gasteiger partial charge in [0.15, 0.2) is 5.78 Å². The van der Waals surface area contributed by atoms with E-state index in [2.05, 4.69) is 25.3 Å². The third-order valence-corrected chi connectivity index (χ3v) is 3.61. The molecule has 0 aliphatic rings. The molecule has 3 nitrogen and oxygen atoms in total. The van der Waals surface area contributed by atoms with Gasteiger partial charge in [0.2, 0.25) is 0 Å². The molecule has 0 saturated heterocycles. The van der Waals surface area contributed by atoms with E-state index in [0.717, 1.165) is 32.6 Å². The van der Waals surface area contributed by atoms with E-state index in [-0.39, 0.29) is 5.78 Å². The van der Waals surface area contributed by atoms with Gasteiger partial charge in [0.05, 0.1) is 5.70 Å². The molecule has 0 aromatic rings. The van der Waals surface area contributed by atoms with Gasteiger partial charge in [0, 0.05) is 20.5 Å². The van der Waals surface area contributed by atoms with Crippen molar-refractivity contribution in [3.63, 3.8) is 0 Å². The Morgan fingerprint density at radius 1 is 0.880 bits per heavy atom. The van der Waals surface area contributed by atoms with Gasteiger partial charge < -0.3 is 9.80 Å². The summed E-state index contributed by atoms with van der Waals surface area (Å²) < 4.78 is 0. The molecule has 0 aromatic carbocycles. The summed E-state index contributed by atoms with van der Waals surface area (Å²) in [5, 5.41) is 0. The zero-order valence-electron chi connectivity index (χ0n) is 18.9. The van der Waals surface area contributed by atoms with Crippen molar-refractivity contribution in [3.05, 3.63) is 12.3 Å². The molecule has 0 radical (unpaired) electrons. The Hall–Kier alpha value is -0.740. The second kappa shape index (κ2) is 25.5. The summed E-state index contributed by atoms with van der Waals surface area (Å²) in [4.78, 5) is 16.0. The summed E-state index contributed by atoms with van der Waals surface area (Å²) in [6, 6.07) is 0. The average Bonchev–Trinajstić information content (AvgIpc) is 2.65. The minimum Gasteiger partial charge on any atom is -0.374 e. The fourth-order valence-corrected chi connectivity index (χ4v) is 2.17. The van der Waals surface area contributed by atoms with Crippen LogP contribution in [0.3, 0.4) is 0 Å². The summed E-state index contributed by atoms with van der Waals surface area (Å²) in [5.41, 5.74) is 0.667. The maximum absolute atomic E-state index is 11.2. The summed E-state index contributed by atoms with van der Waals surface area (Å²) in [6.45, 7) is 26.1. The summed E-state index contributed by atoms with van der Waals surface area (Å²) >= 11 is 5.06. The van der Waals surface area contributed by atoms with E-state index in [1.807, 2.05) is 53.5 Å². The smallest absolute Gasteiger partial charge is 0.172 e. The van der Waals surface area contributed by atoms with Crippen LogP contribution in [-0.2, 0) is 4.79 Å². The van der Waals surface area contributed by atoms with Gasteiger partial charge in [-0.25, -0.2) is 0 Å². The van der Waals surface area contributed by atoms with E-state index in [9.17, 15) is 4.79 Å². The van der Waals surface area contributed by atoms with Crippen molar-refractivity contribution in [3.8, 4) is 0 Å². The highest BCUT2D eigenvalue weighted by atomic mass is 32.1. The molecule has 0 aliphatic carbocycles. The molecule has 0 N–H and O–H groups in total. The topological polar surface area (TPSA) is 23.6 Å². The third-order valence-electron chi connectivity index (χ3n) is 3.09. The minimum atomic E-state index is -0.0783. The molecule has 0 heterocycles. The summed E-state index contributed by atoms with van der Waals surface area (Å²) in [7, 11) is 1.95. The second-order valence-electron chi connectivity index (χ2n) is 4.95. The van der Waals surface area contributed by atoms with Crippen molar-refractivity contribution >= 4 is 22.9 Å². The fraction of sp³-hybridized carbons (Fsp3) is 0.810. The number of nitrogens with zero attached hydrogens (tertiary/aromatic N) is 2. The van der Waals surface area contributed by atoms with Crippen LogP contribution in [0.25, 0.3) is 0 Å². The molecule has 0 aromatic heterocycles.